The Bertz CT molecular complexity index is 945. The highest BCUT2D eigenvalue weighted by molar-refractivity contribution is 6.01. The molecule has 1 heterocycles. The van der Waals surface area contributed by atoms with Crippen LogP contribution in [-0.4, -0.2) is 12.4 Å². The van der Waals surface area contributed by atoms with E-state index in [0.717, 1.165) is 53.2 Å². The Kier molecular flexibility index (Phi) is 5.35. The molecule has 2 aliphatic rings. The average Bonchev–Trinajstić information content (AvgIpc) is 2.84. The Labute approximate surface area is 173 Å². The highest BCUT2D eigenvalue weighted by atomic mass is 16.5. The third-order valence-corrected chi connectivity index (χ3v) is 5.68. The molecule has 1 atom stereocenters. The van der Waals surface area contributed by atoms with E-state index in [4.69, 9.17) is 4.74 Å². The first-order valence-electron chi connectivity index (χ1n) is 10.6. The van der Waals surface area contributed by atoms with Gasteiger partial charge in [-0.15, -0.1) is 0 Å². The Morgan fingerprint density at radius 3 is 2.66 bits per heavy atom. The number of Topliss-reactive ketones (excluding diaryl/α,β-unsaturated/α-hetero) is 1. The second-order valence-corrected chi connectivity index (χ2v) is 8.86. The molecule has 1 aliphatic heterocycles. The fourth-order valence-electron chi connectivity index (χ4n) is 4.26. The summed E-state index contributed by atoms with van der Waals surface area (Å²) in [6.07, 6.45) is 3.56. The van der Waals surface area contributed by atoms with Gasteiger partial charge < -0.3 is 15.4 Å². The highest BCUT2D eigenvalue weighted by Gasteiger charge is 2.38. The summed E-state index contributed by atoms with van der Waals surface area (Å²) in [6.45, 7) is 7.20. The minimum Gasteiger partial charge on any atom is -0.494 e. The molecular formula is C25H30N2O2. The molecule has 0 radical (unpaired) electrons. The van der Waals surface area contributed by atoms with Crippen molar-refractivity contribution in [3.63, 3.8) is 0 Å². The minimum atomic E-state index is -0.195. The van der Waals surface area contributed by atoms with Gasteiger partial charge in [0.1, 0.15) is 5.75 Å². The molecule has 0 amide bonds. The molecule has 0 fully saturated rings. The van der Waals surface area contributed by atoms with Crippen LogP contribution in [0.15, 0.2) is 59.8 Å². The molecule has 0 saturated heterocycles. The molecule has 29 heavy (non-hydrogen) atoms. The van der Waals surface area contributed by atoms with Gasteiger partial charge >= 0.3 is 0 Å². The first-order chi connectivity index (χ1) is 14.0. The number of rotatable bonds is 5. The zero-order valence-corrected chi connectivity index (χ0v) is 17.5. The van der Waals surface area contributed by atoms with E-state index in [-0.39, 0.29) is 17.2 Å². The lowest BCUT2D eigenvalue weighted by atomic mass is 9.73. The second kappa shape index (κ2) is 7.94. The molecule has 4 nitrogen and oxygen atoms in total. The number of carbonyl (C=O) groups excluding carboxylic acids is 1. The number of unbranched alkanes of at least 4 members (excludes halogenated alkanes) is 1. The SMILES string of the molecule is CCCCOc1cccc(C2Nc3ccccc3NC3=C2C(=O)CC(C)(C)C3)c1. The van der Waals surface area contributed by atoms with Crippen LogP contribution in [0.5, 0.6) is 5.75 Å². The number of hydrogen-bond acceptors (Lipinski definition) is 4. The van der Waals surface area contributed by atoms with Gasteiger partial charge in [-0.25, -0.2) is 0 Å². The first-order valence-corrected chi connectivity index (χ1v) is 10.6. The predicted octanol–water partition coefficient (Wildman–Crippen LogP) is 6.09. The summed E-state index contributed by atoms with van der Waals surface area (Å²) >= 11 is 0. The van der Waals surface area contributed by atoms with E-state index in [1.54, 1.807) is 0 Å². The number of ether oxygens (including phenoxy) is 1. The van der Waals surface area contributed by atoms with Crippen LogP contribution in [0.1, 0.15) is 58.1 Å². The van der Waals surface area contributed by atoms with Crippen LogP contribution in [0.3, 0.4) is 0 Å². The van der Waals surface area contributed by atoms with Gasteiger partial charge in [0.05, 0.1) is 24.0 Å². The van der Waals surface area contributed by atoms with E-state index in [1.807, 2.05) is 24.3 Å². The molecule has 152 valence electrons. The summed E-state index contributed by atoms with van der Waals surface area (Å²) in [4.78, 5) is 13.3. The standard InChI is InChI=1S/C25H30N2O2/c1-4-5-13-29-18-10-8-9-17(14-18)24-23-21(15-25(2,3)16-22(23)28)26-19-11-6-7-12-20(19)27-24/h6-12,14,24,26-27H,4-5,13,15-16H2,1-3H3. The number of anilines is 2. The molecule has 2 aromatic carbocycles. The summed E-state index contributed by atoms with van der Waals surface area (Å²) < 4.78 is 5.93. The van der Waals surface area contributed by atoms with Crippen LogP contribution >= 0.6 is 0 Å². The molecule has 0 saturated carbocycles. The van der Waals surface area contributed by atoms with Crippen molar-refractivity contribution < 1.29 is 9.53 Å². The number of benzene rings is 2. The first kappa shape index (κ1) is 19.6. The number of allylic oxidation sites excluding steroid dienone is 1. The van der Waals surface area contributed by atoms with Gasteiger partial charge in [-0.3, -0.25) is 4.79 Å². The van der Waals surface area contributed by atoms with E-state index in [1.165, 1.54) is 0 Å². The van der Waals surface area contributed by atoms with Crippen LogP contribution in [0.2, 0.25) is 0 Å². The topological polar surface area (TPSA) is 50.4 Å². The molecular weight excluding hydrogens is 360 g/mol. The highest BCUT2D eigenvalue weighted by Crippen LogP contribution is 2.45. The molecule has 4 rings (SSSR count). The summed E-state index contributed by atoms with van der Waals surface area (Å²) in [7, 11) is 0. The zero-order valence-electron chi connectivity index (χ0n) is 17.5. The van der Waals surface area contributed by atoms with Crippen molar-refractivity contribution in [1.29, 1.82) is 0 Å². The van der Waals surface area contributed by atoms with E-state index in [2.05, 4.69) is 55.7 Å². The van der Waals surface area contributed by atoms with Crippen molar-refractivity contribution in [1.82, 2.24) is 0 Å². The maximum Gasteiger partial charge on any atom is 0.163 e. The summed E-state index contributed by atoms with van der Waals surface area (Å²) in [6, 6.07) is 16.1. The number of nitrogens with one attached hydrogen (secondary N) is 2. The maximum absolute atomic E-state index is 13.3. The van der Waals surface area contributed by atoms with Crippen LogP contribution in [0.25, 0.3) is 0 Å². The lowest BCUT2D eigenvalue weighted by Gasteiger charge is -2.34. The van der Waals surface area contributed by atoms with Crippen molar-refractivity contribution >= 4 is 17.2 Å². The fourth-order valence-corrected chi connectivity index (χ4v) is 4.26. The maximum atomic E-state index is 13.3. The largest absolute Gasteiger partial charge is 0.494 e. The van der Waals surface area contributed by atoms with Crippen molar-refractivity contribution in [3.05, 3.63) is 65.4 Å². The fraction of sp³-hybridized carbons (Fsp3) is 0.400. The van der Waals surface area contributed by atoms with Gasteiger partial charge in [0, 0.05) is 17.7 Å². The minimum absolute atomic E-state index is 0.0438. The normalized spacial score (nSPS) is 20.1. The van der Waals surface area contributed by atoms with Gasteiger partial charge in [0.25, 0.3) is 0 Å². The van der Waals surface area contributed by atoms with Crippen LogP contribution in [0.4, 0.5) is 11.4 Å². The number of hydrogen-bond donors (Lipinski definition) is 2. The molecule has 0 spiro atoms. The monoisotopic (exact) mass is 390 g/mol. The summed E-state index contributed by atoms with van der Waals surface area (Å²) in [5, 5.41) is 7.20. The molecule has 1 aliphatic carbocycles. The summed E-state index contributed by atoms with van der Waals surface area (Å²) in [5.74, 6) is 1.07. The van der Waals surface area contributed by atoms with Gasteiger partial charge in [-0.1, -0.05) is 51.5 Å². The smallest absolute Gasteiger partial charge is 0.163 e. The Morgan fingerprint density at radius 1 is 1.07 bits per heavy atom. The number of para-hydroxylation sites is 2. The van der Waals surface area contributed by atoms with Crippen molar-refractivity contribution in [2.24, 2.45) is 5.41 Å². The third-order valence-electron chi connectivity index (χ3n) is 5.68. The van der Waals surface area contributed by atoms with Gasteiger partial charge in [-0.2, -0.15) is 0 Å². The molecule has 0 bridgehead atoms. The average molecular weight is 391 g/mol. The Balaban J connectivity index is 1.76. The molecule has 0 aromatic heterocycles. The Morgan fingerprint density at radius 2 is 1.86 bits per heavy atom. The van der Waals surface area contributed by atoms with Crippen LogP contribution < -0.4 is 15.4 Å². The van der Waals surface area contributed by atoms with Crippen molar-refractivity contribution in [2.75, 3.05) is 17.2 Å². The number of fused-ring (bicyclic) bond motifs is 1. The zero-order chi connectivity index (χ0) is 20.4. The molecule has 4 heteroatoms. The van der Waals surface area contributed by atoms with E-state index in [9.17, 15) is 4.79 Å². The van der Waals surface area contributed by atoms with E-state index < -0.39 is 0 Å². The van der Waals surface area contributed by atoms with E-state index in [0.29, 0.717) is 13.0 Å². The molecule has 2 aromatic rings. The quantitative estimate of drug-likeness (QED) is 0.607. The third kappa shape index (κ3) is 4.16. The van der Waals surface area contributed by atoms with Gasteiger partial charge in [0.15, 0.2) is 5.78 Å². The van der Waals surface area contributed by atoms with Gasteiger partial charge in [-0.05, 0) is 48.1 Å². The predicted molar refractivity (Wildman–Crippen MR) is 118 cm³/mol. The van der Waals surface area contributed by atoms with Crippen molar-refractivity contribution in [3.8, 4) is 5.75 Å². The molecule has 1 unspecified atom stereocenters. The lowest BCUT2D eigenvalue weighted by molar-refractivity contribution is -0.118. The number of ketones is 1. The number of carbonyl (C=O) groups is 1. The van der Waals surface area contributed by atoms with Gasteiger partial charge in [0.2, 0.25) is 0 Å². The van der Waals surface area contributed by atoms with Crippen LogP contribution in [0, 0.1) is 5.41 Å². The lowest BCUT2D eigenvalue weighted by Crippen LogP contribution is -2.31. The molecule has 2 N–H and O–H groups in total. The van der Waals surface area contributed by atoms with Crippen LogP contribution in [-0.2, 0) is 4.79 Å². The van der Waals surface area contributed by atoms with Crippen molar-refractivity contribution in [2.45, 2.75) is 52.5 Å². The second-order valence-electron chi connectivity index (χ2n) is 8.86. The van der Waals surface area contributed by atoms with E-state index >= 15 is 0 Å². The summed E-state index contributed by atoms with van der Waals surface area (Å²) in [5.41, 5.74) is 4.92. The Hall–Kier alpha value is -2.75.